The van der Waals surface area contributed by atoms with Crippen molar-refractivity contribution in [1.29, 1.82) is 0 Å². The third-order valence-corrected chi connectivity index (χ3v) is 27.0. The second-order valence-electron chi connectivity index (χ2n) is 36.6. The van der Waals surface area contributed by atoms with Gasteiger partial charge in [-0.1, -0.05) is 516 Å². The lowest BCUT2D eigenvalue weighted by Gasteiger charge is -2.25. The van der Waals surface area contributed by atoms with Crippen LogP contribution in [0.3, 0.4) is 0 Å². The first-order valence-corrected chi connectivity index (χ1v) is 51.1. The Morgan fingerprint density at radius 2 is 0.220 bits per heavy atom. The van der Waals surface area contributed by atoms with Crippen molar-refractivity contribution in [1.82, 2.24) is 0 Å². The summed E-state index contributed by atoms with van der Waals surface area (Å²) in [7, 11) is 12.7. The molecule has 23 aromatic carbocycles. The fourth-order valence-electron chi connectivity index (χ4n) is 18.8. The monoisotopic (exact) mass is 1930 g/mol. The van der Waals surface area contributed by atoms with E-state index in [9.17, 15) is 0 Å². The minimum atomic E-state index is 1.17. The normalized spacial score (nSPS) is 10.5. The van der Waals surface area contributed by atoms with E-state index in [2.05, 4.69) is 672 Å². The summed E-state index contributed by atoms with van der Waals surface area (Å²) in [6.07, 6.45) is 0. The molecule has 6 heteroatoms. The van der Waals surface area contributed by atoms with E-state index in [0.29, 0.717) is 0 Å². The first-order chi connectivity index (χ1) is 74.0. The number of anilines is 12. The molecule has 0 aliphatic rings. The molecule has 0 bridgehead atoms. The quantitative estimate of drug-likeness (QED) is 0.0631. The minimum Gasteiger partial charge on any atom is -0.345 e. The van der Waals surface area contributed by atoms with Crippen molar-refractivity contribution in [3.8, 4) is 122 Å². The standard InChI is InChI=1S/5C25H21N.C19H17N/c1-26(24-18-10-8-16-22(24)20-12-4-2-5-13-20)25-19-11-9-17-23(25)21-14-6-3-7-15-21;1-26(24-16-8-14-22(18-24)20-10-4-2-5-11-20)25-17-9-15-23(19-25)21-12-6-3-7-13-21;1-26(23-16-10-15-22(19-23)20-11-4-2-5-12-20)25-18-9-8-17-24(25)21-13-6-3-7-14-21;1-26(23-18-16-21(17-19-23)20-10-4-2-5-11-20)25-15-9-8-14-24(25)22-12-6-3-7-13-22;1-26(24-17-15-22(16-18-24)20-9-4-2-5-10-20)25-14-8-13-23(19-25)21-11-6-3-7-12-21;1-20(17-12-6-3-7-13-17)19-15-9-8-14-18(19)16-10-4-2-5-11-16/h5*2-19H,1H3;2-15H,1H3. The van der Waals surface area contributed by atoms with Crippen molar-refractivity contribution in [2.45, 2.75) is 0 Å². The second-order valence-corrected chi connectivity index (χ2v) is 36.6. The molecule has 0 spiro atoms. The average molecular weight is 1940 g/mol. The molecule has 0 saturated carbocycles. The predicted molar refractivity (Wildman–Crippen MR) is 645 cm³/mol. The Morgan fingerprint density at radius 1 is 0.0867 bits per heavy atom. The molecule has 6 nitrogen and oxygen atoms in total. The number of rotatable bonds is 23. The molecule has 0 aliphatic carbocycles. The van der Waals surface area contributed by atoms with Crippen LogP contribution in [0.2, 0.25) is 0 Å². The third kappa shape index (κ3) is 26.1. The van der Waals surface area contributed by atoms with Gasteiger partial charge in [0.1, 0.15) is 0 Å². The molecule has 0 amide bonds. The van der Waals surface area contributed by atoms with E-state index in [4.69, 9.17) is 0 Å². The first-order valence-electron chi connectivity index (χ1n) is 51.1. The van der Waals surface area contributed by atoms with Crippen LogP contribution in [0.25, 0.3) is 122 Å². The molecule has 0 N–H and O–H groups in total. The van der Waals surface area contributed by atoms with Gasteiger partial charge in [0.2, 0.25) is 0 Å². The van der Waals surface area contributed by atoms with Gasteiger partial charge in [-0.2, -0.15) is 0 Å². The van der Waals surface area contributed by atoms with Crippen LogP contribution in [0.5, 0.6) is 0 Å². The molecule has 23 rings (SSSR count). The molecule has 23 aromatic rings. The van der Waals surface area contributed by atoms with Crippen LogP contribution in [0, 0.1) is 0 Å². The van der Waals surface area contributed by atoms with E-state index in [1.54, 1.807) is 0 Å². The molecule has 0 unspecified atom stereocenters. The summed E-state index contributed by atoms with van der Waals surface area (Å²) in [5.74, 6) is 0. The van der Waals surface area contributed by atoms with Crippen molar-refractivity contribution in [3.63, 3.8) is 0 Å². The van der Waals surface area contributed by atoms with Crippen LogP contribution in [0.4, 0.5) is 68.2 Å². The molecule has 0 aromatic heterocycles. The molecular weight excluding hydrogens is 1810 g/mol. The molecule has 728 valence electrons. The Bertz CT molecular complexity index is 7910. The molecular formula is C144H122N6. The zero-order chi connectivity index (χ0) is 103. The molecule has 0 fully saturated rings. The Hall–Kier alpha value is -19.1. The van der Waals surface area contributed by atoms with E-state index in [-0.39, 0.29) is 0 Å². The van der Waals surface area contributed by atoms with E-state index in [1.807, 2.05) is 30.3 Å². The lowest BCUT2D eigenvalue weighted by molar-refractivity contribution is 1.21. The van der Waals surface area contributed by atoms with Crippen LogP contribution in [-0.4, -0.2) is 42.3 Å². The molecule has 0 atom stereocenters. The van der Waals surface area contributed by atoms with Gasteiger partial charge in [-0.3, -0.25) is 0 Å². The van der Waals surface area contributed by atoms with E-state index in [0.717, 1.165) is 0 Å². The summed E-state index contributed by atoms with van der Waals surface area (Å²) in [4.78, 5) is 13.5. The zero-order valence-corrected chi connectivity index (χ0v) is 85.7. The van der Waals surface area contributed by atoms with Crippen LogP contribution >= 0.6 is 0 Å². The predicted octanol–water partition coefficient (Wildman–Crippen LogP) is 39.1. The van der Waals surface area contributed by atoms with Gasteiger partial charge in [0.05, 0.1) is 0 Å². The van der Waals surface area contributed by atoms with Crippen LogP contribution in [0.1, 0.15) is 0 Å². The number of para-hydroxylation sites is 6. The molecule has 0 aliphatic heterocycles. The fourth-order valence-corrected chi connectivity index (χ4v) is 18.8. The highest BCUT2D eigenvalue weighted by molar-refractivity contribution is 5.91. The molecule has 0 heterocycles. The Morgan fingerprint density at radius 3 is 0.447 bits per heavy atom. The second kappa shape index (κ2) is 51.4. The topological polar surface area (TPSA) is 19.4 Å². The van der Waals surface area contributed by atoms with Gasteiger partial charge >= 0.3 is 0 Å². The van der Waals surface area contributed by atoms with Gasteiger partial charge in [0.25, 0.3) is 0 Å². The minimum absolute atomic E-state index is 1.17. The van der Waals surface area contributed by atoms with Crippen molar-refractivity contribution >= 4 is 68.2 Å². The maximum Gasteiger partial charge on any atom is 0.0487 e. The maximum absolute atomic E-state index is 2.28. The molecule has 150 heavy (non-hydrogen) atoms. The highest BCUT2D eigenvalue weighted by Crippen LogP contribution is 2.44. The van der Waals surface area contributed by atoms with Crippen LogP contribution in [0.15, 0.2) is 631 Å². The van der Waals surface area contributed by atoms with Gasteiger partial charge in [-0.15, -0.1) is 0 Å². The van der Waals surface area contributed by atoms with Gasteiger partial charge in [-0.25, -0.2) is 0 Å². The Kier molecular flexibility index (Phi) is 34.6. The average Bonchev–Trinajstić information content (AvgIpc) is 0.796. The van der Waals surface area contributed by atoms with Crippen molar-refractivity contribution < 1.29 is 0 Å². The largest absolute Gasteiger partial charge is 0.345 e. The van der Waals surface area contributed by atoms with Gasteiger partial charge < -0.3 is 29.4 Å². The summed E-state index contributed by atoms with van der Waals surface area (Å²) in [5.41, 5.74) is 41.4. The smallest absolute Gasteiger partial charge is 0.0487 e. The van der Waals surface area contributed by atoms with Gasteiger partial charge in [-0.05, 0) is 210 Å². The highest BCUT2D eigenvalue weighted by atomic mass is 15.1. The summed E-state index contributed by atoms with van der Waals surface area (Å²) < 4.78 is 0. The lowest BCUT2D eigenvalue weighted by atomic mass is 10.00. The van der Waals surface area contributed by atoms with E-state index >= 15 is 0 Å². The SMILES string of the molecule is CN(c1ccc(-c2ccccc2)cc1)c1cccc(-c2ccccc2)c1.CN(c1ccc(-c2ccccc2)cc1)c1ccccc1-c1ccccc1.CN(c1cccc(-c2ccccc2)c1)c1cccc(-c2ccccc2)c1.CN(c1cccc(-c2ccccc2)c1)c1ccccc1-c1ccccc1.CN(c1ccccc1)c1ccccc1-c1ccccc1.CN(c1ccccc1-c1ccccc1)c1ccccc1-c1ccccc1. The Balaban J connectivity index is 0.000000118. The van der Waals surface area contributed by atoms with Gasteiger partial charge in [0.15, 0.2) is 0 Å². The lowest BCUT2D eigenvalue weighted by Crippen LogP contribution is -2.11. The first kappa shape index (κ1) is 101. The zero-order valence-electron chi connectivity index (χ0n) is 85.7. The summed E-state index contributed by atoms with van der Waals surface area (Å²) in [5, 5.41) is 0. The number of hydrogen-bond acceptors (Lipinski definition) is 6. The summed E-state index contributed by atoms with van der Waals surface area (Å²) in [6.45, 7) is 0. The Labute approximate surface area is 886 Å². The summed E-state index contributed by atoms with van der Waals surface area (Å²) >= 11 is 0. The fraction of sp³-hybridized carbons (Fsp3) is 0.0417. The molecule has 0 saturated heterocycles. The maximum atomic E-state index is 2.28. The third-order valence-electron chi connectivity index (χ3n) is 27.0. The van der Waals surface area contributed by atoms with Crippen molar-refractivity contribution in [2.75, 3.05) is 71.7 Å². The number of benzene rings is 23. The van der Waals surface area contributed by atoms with Gasteiger partial charge in [0, 0.05) is 138 Å². The van der Waals surface area contributed by atoms with Crippen molar-refractivity contribution in [3.05, 3.63) is 631 Å². The van der Waals surface area contributed by atoms with E-state index in [1.165, 1.54) is 191 Å². The van der Waals surface area contributed by atoms with Crippen LogP contribution in [-0.2, 0) is 0 Å². The van der Waals surface area contributed by atoms with E-state index < -0.39 is 0 Å². The number of hydrogen-bond donors (Lipinski definition) is 0. The summed E-state index contributed by atoms with van der Waals surface area (Å²) in [6, 6.07) is 221. The number of nitrogens with zero attached hydrogens (tertiary/aromatic N) is 6. The molecule has 0 radical (unpaired) electrons. The highest BCUT2D eigenvalue weighted by Gasteiger charge is 2.20. The van der Waals surface area contributed by atoms with Crippen LogP contribution < -0.4 is 29.4 Å². The van der Waals surface area contributed by atoms with Crippen molar-refractivity contribution in [2.24, 2.45) is 0 Å².